The SMILES string of the molecule is CCn1c(SCC(=O)Nc2ccc(C)cc2)nc2ccccc2c1=O. The molecule has 0 fully saturated rings. The van der Waals surface area contributed by atoms with Crippen LogP contribution in [-0.2, 0) is 11.3 Å². The molecule has 3 rings (SSSR count). The van der Waals surface area contributed by atoms with Crippen LogP contribution in [0.5, 0.6) is 0 Å². The fourth-order valence-corrected chi connectivity index (χ4v) is 3.36. The van der Waals surface area contributed by atoms with Gasteiger partial charge in [-0.25, -0.2) is 4.98 Å². The highest BCUT2D eigenvalue weighted by atomic mass is 32.2. The first-order valence-electron chi connectivity index (χ1n) is 8.07. The summed E-state index contributed by atoms with van der Waals surface area (Å²) in [5.74, 6) is 0.0671. The average Bonchev–Trinajstić information content (AvgIpc) is 2.62. The number of hydrogen-bond acceptors (Lipinski definition) is 4. The van der Waals surface area contributed by atoms with Crippen LogP contribution in [0.25, 0.3) is 10.9 Å². The molecular formula is C19H19N3O2S. The van der Waals surface area contributed by atoms with Gasteiger partial charge in [0.05, 0.1) is 16.7 Å². The quantitative estimate of drug-likeness (QED) is 0.564. The number of hydrogen-bond donors (Lipinski definition) is 1. The zero-order valence-corrected chi connectivity index (χ0v) is 15.0. The van der Waals surface area contributed by atoms with E-state index in [0.29, 0.717) is 22.6 Å². The van der Waals surface area contributed by atoms with E-state index in [0.717, 1.165) is 11.3 Å². The first-order valence-corrected chi connectivity index (χ1v) is 9.06. The highest BCUT2D eigenvalue weighted by Crippen LogP contribution is 2.18. The Morgan fingerprint density at radius 3 is 2.60 bits per heavy atom. The predicted molar refractivity (Wildman–Crippen MR) is 102 cm³/mol. The van der Waals surface area contributed by atoms with Crippen molar-refractivity contribution in [2.45, 2.75) is 25.5 Å². The molecule has 25 heavy (non-hydrogen) atoms. The number of para-hydroxylation sites is 1. The summed E-state index contributed by atoms with van der Waals surface area (Å²) in [4.78, 5) is 29.3. The van der Waals surface area contributed by atoms with Gasteiger partial charge in [-0.2, -0.15) is 0 Å². The Hall–Kier alpha value is -2.60. The van der Waals surface area contributed by atoms with Crippen molar-refractivity contribution in [3.8, 4) is 0 Å². The summed E-state index contributed by atoms with van der Waals surface area (Å²) in [5.41, 5.74) is 2.48. The predicted octanol–water partition coefficient (Wildman–Crippen LogP) is 3.46. The second-order valence-corrected chi connectivity index (χ2v) is 6.61. The minimum atomic E-state index is -0.126. The van der Waals surface area contributed by atoms with Crippen LogP contribution < -0.4 is 10.9 Å². The number of carbonyl (C=O) groups excluding carboxylic acids is 1. The Balaban J connectivity index is 1.77. The summed E-state index contributed by atoms with van der Waals surface area (Å²) in [6.07, 6.45) is 0. The van der Waals surface area contributed by atoms with Gasteiger partial charge in [0.25, 0.3) is 5.56 Å². The fourth-order valence-electron chi connectivity index (χ4n) is 2.50. The lowest BCUT2D eigenvalue weighted by atomic mass is 10.2. The molecule has 0 unspecified atom stereocenters. The number of aryl methyl sites for hydroxylation is 1. The summed E-state index contributed by atoms with van der Waals surface area (Å²) in [5, 5.41) is 4.01. The highest BCUT2D eigenvalue weighted by molar-refractivity contribution is 7.99. The van der Waals surface area contributed by atoms with Crippen molar-refractivity contribution in [1.29, 1.82) is 0 Å². The Bertz CT molecular complexity index is 965. The molecule has 0 aliphatic heterocycles. The number of carbonyl (C=O) groups is 1. The minimum Gasteiger partial charge on any atom is -0.325 e. The van der Waals surface area contributed by atoms with Gasteiger partial charge in [0, 0.05) is 12.2 Å². The molecule has 0 saturated heterocycles. The maximum atomic E-state index is 12.6. The summed E-state index contributed by atoms with van der Waals surface area (Å²) >= 11 is 1.27. The van der Waals surface area contributed by atoms with Gasteiger partial charge in [-0.3, -0.25) is 14.2 Å². The maximum absolute atomic E-state index is 12.6. The third kappa shape index (κ3) is 3.91. The average molecular weight is 353 g/mol. The molecule has 0 aliphatic carbocycles. The molecule has 2 aromatic carbocycles. The van der Waals surface area contributed by atoms with Crippen molar-refractivity contribution in [2.24, 2.45) is 0 Å². The maximum Gasteiger partial charge on any atom is 0.262 e. The minimum absolute atomic E-state index is 0.0745. The molecule has 0 radical (unpaired) electrons. The van der Waals surface area contributed by atoms with Crippen LogP contribution in [-0.4, -0.2) is 21.2 Å². The first kappa shape index (κ1) is 17.2. The van der Waals surface area contributed by atoms with Crippen molar-refractivity contribution in [1.82, 2.24) is 9.55 Å². The van der Waals surface area contributed by atoms with Crippen LogP contribution in [0.4, 0.5) is 5.69 Å². The van der Waals surface area contributed by atoms with Gasteiger partial charge in [0.2, 0.25) is 5.91 Å². The number of amides is 1. The number of rotatable bonds is 5. The number of nitrogens with one attached hydrogen (secondary N) is 1. The van der Waals surface area contributed by atoms with Gasteiger partial charge in [-0.15, -0.1) is 0 Å². The molecule has 5 nitrogen and oxygen atoms in total. The molecule has 0 saturated carbocycles. The van der Waals surface area contributed by atoms with E-state index in [2.05, 4.69) is 10.3 Å². The second kappa shape index (κ2) is 7.53. The van der Waals surface area contributed by atoms with E-state index in [-0.39, 0.29) is 17.2 Å². The molecule has 0 aliphatic rings. The van der Waals surface area contributed by atoms with Gasteiger partial charge >= 0.3 is 0 Å². The van der Waals surface area contributed by atoms with Crippen molar-refractivity contribution in [2.75, 3.05) is 11.1 Å². The van der Waals surface area contributed by atoms with Crippen LogP contribution in [0.1, 0.15) is 12.5 Å². The Kier molecular flexibility index (Phi) is 5.19. The topological polar surface area (TPSA) is 64.0 Å². The molecule has 3 aromatic rings. The molecule has 0 spiro atoms. The highest BCUT2D eigenvalue weighted by Gasteiger charge is 2.12. The molecule has 1 heterocycles. The Labute approximate surface area is 150 Å². The monoisotopic (exact) mass is 353 g/mol. The number of benzene rings is 2. The van der Waals surface area contributed by atoms with E-state index in [1.54, 1.807) is 10.6 Å². The molecule has 1 aromatic heterocycles. The van der Waals surface area contributed by atoms with E-state index in [9.17, 15) is 9.59 Å². The molecule has 128 valence electrons. The number of thioether (sulfide) groups is 1. The molecule has 1 amide bonds. The number of fused-ring (bicyclic) bond motifs is 1. The Morgan fingerprint density at radius 2 is 1.88 bits per heavy atom. The van der Waals surface area contributed by atoms with Crippen molar-refractivity contribution in [3.63, 3.8) is 0 Å². The third-order valence-electron chi connectivity index (χ3n) is 3.81. The lowest BCUT2D eigenvalue weighted by Gasteiger charge is -2.11. The van der Waals surface area contributed by atoms with E-state index >= 15 is 0 Å². The summed E-state index contributed by atoms with van der Waals surface area (Å²) < 4.78 is 1.60. The van der Waals surface area contributed by atoms with Crippen LogP contribution in [0.15, 0.2) is 58.5 Å². The van der Waals surface area contributed by atoms with Gasteiger partial charge in [-0.1, -0.05) is 41.6 Å². The standard InChI is InChI=1S/C19H19N3O2S/c1-3-22-18(24)15-6-4-5-7-16(15)21-19(22)25-12-17(23)20-14-10-8-13(2)9-11-14/h4-11H,3,12H2,1-2H3,(H,20,23). The van der Waals surface area contributed by atoms with Crippen molar-refractivity contribution in [3.05, 3.63) is 64.4 Å². The smallest absolute Gasteiger partial charge is 0.262 e. The van der Waals surface area contributed by atoms with Gasteiger partial charge in [-0.05, 0) is 38.1 Å². The van der Waals surface area contributed by atoms with E-state index in [4.69, 9.17) is 0 Å². The molecule has 0 bridgehead atoms. The summed E-state index contributed by atoms with van der Waals surface area (Å²) in [7, 11) is 0. The normalized spacial score (nSPS) is 10.8. The molecule has 6 heteroatoms. The van der Waals surface area contributed by atoms with Gasteiger partial charge in [0.15, 0.2) is 5.16 Å². The van der Waals surface area contributed by atoms with Crippen LogP contribution in [0.2, 0.25) is 0 Å². The molecule has 1 N–H and O–H groups in total. The summed E-state index contributed by atoms with van der Waals surface area (Å²) in [6, 6.07) is 14.9. The fraction of sp³-hybridized carbons (Fsp3) is 0.211. The number of nitrogens with zero attached hydrogens (tertiary/aromatic N) is 2. The molecule has 0 atom stereocenters. The molecular weight excluding hydrogens is 334 g/mol. The lowest BCUT2D eigenvalue weighted by Crippen LogP contribution is -2.23. The zero-order valence-electron chi connectivity index (χ0n) is 14.2. The van der Waals surface area contributed by atoms with Crippen LogP contribution in [0.3, 0.4) is 0 Å². The lowest BCUT2D eigenvalue weighted by molar-refractivity contribution is -0.113. The second-order valence-electron chi connectivity index (χ2n) is 5.66. The van der Waals surface area contributed by atoms with Gasteiger partial charge in [0.1, 0.15) is 0 Å². The van der Waals surface area contributed by atoms with E-state index in [1.807, 2.05) is 56.3 Å². The van der Waals surface area contributed by atoms with Crippen molar-refractivity contribution < 1.29 is 4.79 Å². The third-order valence-corrected chi connectivity index (χ3v) is 4.79. The number of anilines is 1. The Morgan fingerprint density at radius 1 is 1.16 bits per heavy atom. The van der Waals surface area contributed by atoms with Gasteiger partial charge < -0.3 is 5.32 Å². The van der Waals surface area contributed by atoms with E-state index in [1.165, 1.54) is 11.8 Å². The summed E-state index contributed by atoms with van der Waals surface area (Å²) in [6.45, 7) is 4.41. The largest absolute Gasteiger partial charge is 0.325 e. The van der Waals surface area contributed by atoms with Crippen LogP contribution >= 0.6 is 11.8 Å². The zero-order chi connectivity index (χ0) is 17.8. The van der Waals surface area contributed by atoms with Crippen LogP contribution in [0, 0.1) is 6.92 Å². The van der Waals surface area contributed by atoms with Crippen molar-refractivity contribution >= 4 is 34.3 Å². The van der Waals surface area contributed by atoms with E-state index < -0.39 is 0 Å². The number of aromatic nitrogens is 2. The first-order chi connectivity index (χ1) is 12.1.